The van der Waals surface area contributed by atoms with Crippen molar-refractivity contribution in [3.05, 3.63) is 22.6 Å². The molecular formula is C9H13N3O3. The third-order valence-corrected chi connectivity index (χ3v) is 2.53. The molecule has 1 saturated heterocycles. The van der Waals surface area contributed by atoms with Crippen molar-refractivity contribution in [1.82, 2.24) is 0 Å². The summed E-state index contributed by atoms with van der Waals surface area (Å²) in [5, 5.41) is 13.3. The van der Waals surface area contributed by atoms with Gasteiger partial charge in [-0.3, -0.25) is 0 Å². The van der Waals surface area contributed by atoms with Crippen LogP contribution < -0.4 is 0 Å². The third-order valence-electron chi connectivity index (χ3n) is 2.53. The van der Waals surface area contributed by atoms with Gasteiger partial charge in [0.15, 0.2) is 5.79 Å². The normalized spacial score (nSPS) is 42.1. The largest absolute Gasteiger partial charge is 0.386 e. The quantitative estimate of drug-likeness (QED) is 0.305. The molecule has 6 nitrogen and oxygen atoms in total. The van der Waals surface area contributed by atoms with Gasteiger partial charge in [0.2, 0.25) is 0 Å². The molecule has 15 heavy (non-hydrogen) atoms. The van der Waals surface area contributed by atoms with Gasteiger partial charge in [0, 0.05) is 4.91 Å². The van der Waals surface area contributed by atoms with E-state index >= 15 is 0 Å². The first-order chi connectivity index (χ1) is 7.03. The molecule has 1 fully saturated rings. The van der Waals surface area contributed by atoms with Gasteiger partial charge in [-0.05, 0) is 19.4 Å². The average molecular weight is 211 g/mol. The summed E-state index contributed by atoms with van der Waals surface area (Å²) in [6.07, 6.45) is 1.65. The molecule has 0 aromatic rings. The maximum absolute atomic E-state index is 9.67. The predicted octanol–water partition coefficient (Wildman–Crippen LogP) is 1.12. The Kier molecular flexibility index (Phi) is 2.44. The fraction of sp³-hybridized carbons (Fsp3) is 0.778. The Bertz CT molecular complexity index is 335. The Morgan fingerprint density at radius 1 is 1.33 bits per heavy atom. The van der Waals surface area contributed by atoms with E-state index in [1.807, 2.05) is 0 Å². The SMILES string of the molecule is CC1(C)O[C@@H]2[C@H](O1)[C@@H](O)C=C[C@H]2N=[N+]=[N-]. The lowest BCUT2D eigenvalue weighted by Crippen LogP contribution is -2.43. The second-order valence-corrected chi connectivity index (χ2v) is 4.14. The summed E-state index contributed by atoms with van der Waals surface area (Å²) in [7, 11) is 0. The maximum atomic E-state index is 9.67. The van der Waals surface area contributed by atoms with E-state index in [-0.39, 0.29) is 0 Å². The molecule has 0 radical (unpaired) electrons. The summed E-state index contributed by atoms with van der Waals surface area (Å²) in [5.74, 6) is -0.744. The smallest absolute Gasteiger partial charge is 0.163 e. The first kappa shape index (κ1) is 10.4. The van der Waals surface area contributed by atoms with Crippen molar-refractivity contribution in [2.24, 2.45) is 5.11 Å². The summed E-state index contributed by atoms with van der Waals surface area (Å²) in [6, 6.07) is -0.412. The zero-order chi connectivity index (χ0) is 11.1. The zero-order valence-corrected chi connectivity index (χ0v) is 8.57. The number of aliphatic hydroxyl groups is 1. The molecule has 6 heteroatoms. The summed E-state index contributed by atoms with van der Waals surface area (Å²) < 4.78 is 11.1. The third kappa shape index (κ3) is 1.85. The van der Waals surface area contributed by atoms with Gasteiger partial charge in [0.1, 0.15) is 18.3 Å². The Balaban J connectivity index is 2.26. The molecule has 2 rings (SSSR count). The second kappa shape index (κ2) is 3.50. The lowest BCUT2D eigenvalue weighted by Gasteiger charge is -2.27. The van der Waals surface area contributed by atoms with Crippen molar-refractivity contribution >= 4 is 0 Å². The van der Waals surface area contributed by atoms with Gasteiger partial charge in [-0.15, -0.1) is 0 Å². The minimum Gasteiger partial charge on any atom is -0.386 e. The molecule has 1 N–H and O–H groups in total. The number of ether oxygens (including phenoxy) is 2. The molecule has 0 saturated carbocycles. The predicted molar refractivity (Wildman–Crippen MR) is 51.9 cm³/mol. The van der Waals surface area contributed by atoms with E-state index in [9.17, 15) is 5.11 Å². The molecule has 0 bridgehead atoms. The molecular weight excluding hydrogens is 198 g/mol. The van der Waals surface area contributed by atoms with Gasteiger partial charge in [-0.2, -0.15) is 0 Å². The summed E-state index contributed by atoms with van der Waals surface area (Å²) in [4.78, 5) is 2.75. The van der Waals surface area contributed by atoms with E-state index < -0.39 is 30.1 Å². The summed E-state index contributed by atoms with van der Waals surface area (Å²) in [5.41, 5.74) is 8.40. The van der Waals surface area contributed by atoms with Crippen LogP contribution in [0.4, 0.5) is 0 Å². The molecule has 0 amide bonds. The monoisotopic (exact) mass is 211 g/mol. The average Bonchev–Trinajstić information content (AvgIpc) is 2.47. The Hall–Kier alpha value is -1.07. The van der Waals surface area contributed by atoms with E-state index in [2.05, 4.69) is 10.0 Å². The van der Waals surface area contributed by atoms with Gasteiger partial charge < -0.3 is 14.6 Å². The van der Waals surface area contributed by atoms with Crippen LogP contribution in [0.15, 0.2) is 17.3 Å². The van der Waals surface area contributed by atoms with Crippen molar-refractivity contribution in [1.29, 1.82) is 0 Å². The molecule has 2 aliphatic rings. The van der Waals surface area contributed by atoms with Crippen LogP contribution in [-0.2, 0) is 9.47 Å². The molecule has 0 aromatic carbocycles. The van der Waals surface area contributed by atoms with Crippen LogP contribution >= 0.6 is 0 Å². The van der Waals surface area contributed by atoms with E-state index in [0.29, 0.717) is 0 Å². The lowest BCUT2D eigenvalue weighted by molar-refractivity contribution is -0.152. The maximum Gasteiger partial charge on any atom is 0.163 e. The molecule has 0 spiro atoms. The number of hydrogen-bond donors (Lipinski definition) is 1. The molecule has 1 heterocycles. The fourth-order valence-electron chi connectivity index (χ4n) is 1.96. The summed E-state index contributed by atoms with van der Waals surface area (Å²) >= 11 is 0. The fourth-order valence-corrected chi connectivity index (χ4v) is 1.96. The van der Waals surface area contributed by atoms with Gasteiger partial charge in [-0.1, -0.05) is 17.3 Å². The first-order valence-electron chi connectivity index (χ1n) is 4.80. The van der Waals surface area contributed by atoms with E-state index in [0.717, 1.165) is 0 Å². The minimum atomic E-state index is -0.744. The zero-order valence-electron chi connectivity index (χ0n) is 8.57. The van der Waals surface area contributed by atoms with Crippen molar-refractivity contribution in [3.63, 3.8) is 0 Å². The number of aliphatic hydroxyl groups excluding tert-OH is 1. The standard InChI is InChI=1S/C9H13N3O3/c1-9(2)14-7-5(11-12-10)3-4-6(13)8(7)15-9/h3-8,13H,1-2H3/t5-,6+,7+,8-/m1/s1. The molecule has 0 unspecified atom stereocenters. The molecule has 82 valence electrons. The van der Waals surface area contributed by atoms with Gasteiger partial charge in [0.25, 0.3) is 0 Å². The van der Waals surface area contributed by atoms with Crippen molar-refractivity contribution in [2.75, 3.05) is 0 Å². The Morgan fingerprint density at radius 2 is 2.00 bits per heavy atom. The van der Waals surface area contributed by atoms with Crippen LogP contribution in [-0.4, -0.2) is 35.2 Å². The van der Waals surface area contributed by atoms with Crippen molar-refractivity contribution in [2.45, 2.75) is 44.0 Å². The molecule has 1 aliphatic heterocycles. The van der Waals surface area contributed by atoms with Crippen LogP contribution in [0.25, 0.3) is 10.4 Å². The highest BCUT2D eigenvalue weighted by molar-refractivity contribution is 5.13. The molecule has 1 aliphatic carbocycles. The van der Waals surface area contributed by atoms with Crippen LogP contribution in [0.5, 0.6) is 0 Å². The number of hydrogen-bond acceptors (Lipinski definition) is 4. The van der Waals surface area contributed by atoms with Crippen molar-refractivity contribution < 1.29 is 14.6 Å². The lowest BCUT2D eigenvalue weighted by atomic mass is 9.95. The molecule has 4 atom stereocenters. The number of azide groups is 1. The topological polar surface area (TPSA) is 87.5 Å². The second-order valence-electron chi connectivity index (χ2n) is 4.14. The van der Waals surface area contributed by atoms with E-state index in [1.54, 1.807) is 26.0 Å². The van der Waals surface area contributed by atoms with Gasteiger partial charge in [-0.25, -0.2) is 0 Å². The van der Waals surface area contributed by atoms with Crippen LogP contribution in [0.3, 0.4) is 0 Å². The first-order valence-corrected chi connectivity index (χ1v) is 4.80. The van der Waals surface area contributed by atoms with E-state index in [1.165, 1.54) is 0 Å². The van der Waals surface area contributed by atoms with Crippen LogP contribution in [0.1, 0.15) is 13.8 Å². The highest BCUT2D eigenvalue weighted by atomic mass is 16.8. The summed E-state index contributed by atoms with van der Waals surface area (Å²) in [6.45, 7) is 3.54. The van der Waals surface area contributed by atoms with Gasteiger partial charge in [0.05, 0.1) is 6.04 Å². The Labute approximate surface area is 87.1 Å². The number of nitrogens with zero attached hydrogens (tertiary/aromatic N) is 3. The highest BCUT2D eigenvalue weighted by Crippen LogP contribution is 2.35. The highest BCUT2D eigenvalue weighted by Gasteiger charge is 2.48. The number of fused-ring (bicyclic) bond motifs is 1. The minimum absolute atomic E-state index is 0.407. The van der Waals surface area contributed by atoms with Crippen LogP contribution in [0.2, 0.25) is 0 Å². The van der Waals surface area contributed by atoms with Crippen LogP contribution in [0, 0.1) is 0 Å². The van der Waals surface area contributed by atoms with Crippen molar-refractivity contribution in [3.8, 4) is 0 Å². The molecule has 0 aromatic heterocycles. The Morgan fingerprint density at radius 3 is 2.67 bits per heavy atom. The van der Waals surface area contributed by atoms with E-state index in [4.69, 9.17) is 15.0 Å². The van der Waals surface area contributed by atoms with Gasteiger partial charge >= 0.3 is 0 Å². The number of rotatable bonds is 1.